The molecule has 0 heterocycles. The van der Waals surface area contributed by atoms with Gasteiger partial charge in [0.05, 0.1) is 16.7 Å². The van der Waals surface area contributed by atoms with Crippen molar-refractivity contribution in [2.75, 3.05) is 16.0 Å². The molecule has 3 amide bonds. The third kappa shape index (κ3) is 8.81. The first-order chi connectivity index (χ1) is 30.4. The smallest absolute Gasteiger partial charge is 0.259 e. The van der Waals surface area contributed by atoms with Crippen molar-refractivity contribution in [3.63, 3.8) is 0 Å². The summed E-state index contributed by atoms with van der Waals surface area (Å²) < 4.78 is 0. The van der Waals surface area contributed by atoms with Crippen molar-refractivity contribution < 1.29 is 45.0 Å². The molecule has 0 saturated carbocycles. The summed E-state index contributed by atoms with van der Waals surface area (Å²) in [6, 6.07) is 48.0. The molecule has 9 N–H and O–H groups in total. The number of aromatic hydroxyl groups is 6. The summed E-state index contributed by atoms with van der Waals surface area (Å²) in [7, 11) is 0. The maximum atomic E-state index is 13.4. The molecule has 0 aliphatic heterocycles. The molecular formula is C51H37N3O9. The topological polar surface area (TPSA) is 209 Å². The Kier molecular flexibility index (Phi) is 11.2. The van der Waals surface area contributed by atoms with Gasteiger partial charge >= 0.3 is 0 Å². The second-order valence-electron chi connectivity index (χ2n) is 14.5. The van der Waals surface area contributed by atoms with Gasteiger partial charge in [0, 0.05) is 17.1 Å². The van der Waals surface area contributed by atoms with Crippen LogP contribution in [0.15, 0.2) is 170 Å². The van der Waals surface area contributed by atoms with Gasteiger partial charge < -0.3 is 46.6 Å². The van der Waals surface area contributed by atoms with E-state index in [4.69, 9.17) is 0 Å². The van der Waals surface area contributed by atoms with Gasteiger partial charge in [0.25, 0.3) is 17.7 Å². The van der Waals surface area contributed by atoms with E-state index in [0.717, 1.165) is 44.5 Å². The molecule has 8 rings (SSSR count). The van der Waals surface area contributed by atoms with Crippen molar-refractivity contribution >= 4 is 34.8 Å². The molecule has 8 aromatic rings. The van der Waals surface area contributed by atoms with E-state index in [1.807, 2.05) is 91.0 Å². The standard InChI is InChI=1S/C51H37N3O9/c55-43-7-1-4-40(46(43)58)49(61)52-37-22-18-31(19-23-37)29-10-14-33(15-11-29)35-26-36(28-39(27-35)54-51(63)42-6-3-9-45(57)48(42)60)34-16-12-30(13-17-34)32-20-24-38(25-21-32)53-50(62)41-5-2-8-44(56)47(41)59/h1-28,55-60H,(H,52,61)(H,53,62)(H,54,63). The van der Waals surface area contributed by atoms with Gasteiger partial charge in [-0.05, 0) is 123 Å². The van der Waals surface area contributed by atoms with Crippen LogP contribution in [0.25, 0.3) is 44.5 Å². The molecular weight excluding hydrogens is 799 g/mol. The lowest BCUT2D eigenvalue weighted by Gasteiger charge is -2.14. The average Bonchev–Trinajstić information content (AvgIpc) is 3.29. The van der Waals surface area contributed by atoms with Crippen LogP contribution in [0.5, 0.6) is 34.5 Å². The van der Waals surface area contributed by atoms with E-state index < -0.39 is 40.7 Å². The fraction of sp³-hybridized carbons (Fsp3) is 0. The first kappa shape index (κ1) is 40.7. The fourth-order valence-electron chi connectivity index (χ4n) is 6.97. The molecule has 0 saturated heterocycles. The van der Waals surface area contributed by atoms with E-state index in [2.05, 4.69) is 16.0 Å². The maximum Gasteiger partial charge on any atom is 0.259 e. The highest BCUT2D eigenvalue weighted by atomic mass is 16.3. The molecule has 0 fully saturated rings. The molecule has 0 aliphatic rings. The summed E-state index contributed by atoms with van der Waals surface area (Å²) in [6.07, 6.45) is 0. The summed E-state index contributed by atoms with van der Waals surface area (Å²) >= 11 is 0. The van der Waals surface area contributed by atoms with E-state index in [9.17, 15) is 45.0 Å². The van der Waals surface area contributed by atoms with Crippen molar-refractivity contribution in [2.45, 2.75) is 0 Å². The Bertz CT molecular complexity index is 2850. The van der Waals surface area contributed by atoms with E-state index in [1.165, 1.54) is 54.6 Å². The molecule has 8 aromatic carbocycles. The Morgan fingerprint density at radius 2 is 0.540 bits per heavy atom. The zero-order valence-electron chi connectivity index (χ0n) is 33.1. The first-order valence-corrected chi connectivity index (χ1v) is 19.5. The molecule has 0 radical (unpaired) electrons. The highest BCUT2D eigenvalue weighted by Crippen LogP contribution is 2.36. The molecule has 310 valence electrons. The number of anilines is 3. The largest absolute Gasteiger partial charge is 0.504 e. The number of amides is 3. The quantitative estimate of drug-likeness (QED) is 0.0600. The summed E-state index contributed by atoms with van der Waals surface area (Å²) in [6.45, 7) is 0. The lowest BCUT2D eigenvalue weighted by atomic mass is 9.95. The number of rotatable bonds is 10. The number of benzene rings is 8. The van der Waals surface area contributed by atoms with Crippen LogP contribution in [0.4, 0.5) is 17.1 Å². The molecule has 0 unspecified atom stereocenters. The van der Waals surface area contributed by atoms with E-state index in [-0.39, 0.29) is 28.2 Å². The van der Waals surface area contributed by atoms with Crippen LogP contribution < -0.4 is 16.0 Å². The van der Waals surface area contributed by atoms with Crippen LogP contribution in [-0.2, 0) is 0 Å². The van der Waals surface area contributed by atoms with E-state index >= 15 is 0 Å². The number of carbonyl (C=O) groups is 3. The minimum atomic E-state index is -0.617. The third-order valence-electron chi connectivity index (χ3n) is 10.4. The third-order valence-corrected chi connectivity index (χ3v) is 10.4. The minimum absolute atomic E-state index is 0.0564. The van der Waals surface area contributed by atoms with Gasteiger partial charge in [-0.25, -0.2) is 0 Å². The van der Waals surface area contributed by atoms with Crippen LogP contribution in [0.2, 0.25) is 0 Å². The molecule has 63 heavy (non-hydrogen) atoms. The maximum absolute atomic E-state index is 13.4. The van der Waals surface area contributed by atoms with Crippen molar-refractivity contribution in [2.24, 2.45) is 0 Å². The zero-order chi connectivity index (χ0) is 44.2. The Balaban J connectivity index is 1.03. The number of para-hydroxylation sites is 3. The lowest BCUT2D eigenvalue weighted by molar-refractivity contribution is 0.101. The number of phenols is 6. The summed E-state index contributed by atoms with van der Waals surface area (Å²) in [5.74, 6) is -4.49. The number of nitrogens with one attached hydrogen (secondary N) is 3. The Morgan fingerprint density at radius 3 is 0.841 bits per heavy atom. The number of hydrogen-bond donors (Lipinski definition) is 9. The molecule has 12 heteroatoms. The molecule has 0 aromatic heterocycles. The lowest BCUT2D eigenvalue weighted by Crippen LogP contribution is -2.12. The van der Waals surface area contributed by atoms with Crippen molar-refractivity contribution in [1.29, 1.82) is 0 Å². The van der Waals surface area contributed by atoms with E-state index in [0.29, 0.717) is 17.1 Å². The number of carbonyl (C=O) groups excluding carboxylic acids is 3. The highest BCUT2D eigenvalue weighted by molar-refractivity contribution is 6.08. The number of phenolic OH excluding ortho intramolecular Hbond substituents is 6. The second-order valence-corrected chi connectivity index (χ2v) is 14.5. The summed E-state index contributed by atoms with van der Waals surface area (Å²) in [4.78, 5) is 38.8. The summed E-state index contributed by atoms with van der Waals surface area (Å²) in [5.41, 5.74) is 8.01. The first-order valence-electron chi connectivity index (χ1n) is 19.5. The molecule has 0 spiro atoms. The van der Waals surface area contributed by atoms with Crippen molar-refractivity contribution in [3.05, 3.63) is 187 Å². The van der Waals surface area contributed by atoms with Crippen LogP contribution in [0.3, 0.4) is 0 Å². The zero-order valence-corrected chi connectivity index (χ0v) is 33.1. The summed E-state index contributed by atoms with van der Waals surface area (Å²) in [5, 5.41) is 68.5. The second kappa shape index (κ2) is 17.3. The van der Waals surface area contributed by atoms with Crippen molar-refractivity contribution in [1.82, 2.24) is 0 Å². The van der Waals surface area contributed by atoms with Crippen LogP contribution in [-0.4, -0.2) is 48.4 Å². The van der Waals surface area contributed by atoms with Gasteiger partial charge in [-0.15, -0.1) is 0 Å². The predicted octanol–water partition coefficient (Wildman–Crippen LogP) is 10.3. The molecule has 0 atom stereocenters. The highest BCUT2D eigenvalue weighted by Gasteiger charge is 2.18. The van der Waals surface area contributed by atoms with Crippen LogP contribution in [0, 0.1) is 0 Å². The minimum Gasteiger partial charge on any atom is -0.504 e. The van der Waals surface area contributed by atoms with Gasteiger partial charge in [-0.3, -0.25) is 14.4 Å². The van der Waals surface area contributed by atoms with Gasteiger partial charge in [-0.1, -0.05) is 91.0 Å². The molecule has 0 aliphatic carbocycles. The SMILES string of the molecule is O=C(Nc1ccc(-c2ccc(-c3cc(NC(=O)c4cccc(O)c4O)cc(-c4ccc(-c5ccc(NC(=O)c6cccc(O)c6O)cc5)cc4)c3)cc2)cc1)c1cccc(O)c1O. The number of hydrogen-bond acceptors (Lipinski definition) is 9. The van der Waals surface area contributed by atoms with Crippen LogP contribution >= 0.6 is 0 Å². The van der Waals surface area contributed by atoms with E-state index in [1.54, 1.807) is 24.3 Å². The predicted molar refractivity (Wildman–Crippen MR) is 241 cm³/mol. The van der Waals surface area contributed by atoms with Gasteiger partial charge in [0.1, 0.15) is 0 Å². The molecule has 0 bridgehead atoms. The van der Waals surface area contributed by atoms with Gasteiger partial charge in [0.2, 0.25) is 0 Å². The Labute approximate surface area is 360 Å². The normalized spacial score (nSPS) is 10.8. The molecule has 12 nitrogen and oxygen atoms in total. The van der Waals surface area contributed by atoms with Gasteiger partial charge in [0.15, 0.2) is 34.5 Å². The average molecular weight is 836 g/mol. The Morgan fingerprint density at radius 1 is 0.286 bits per heavy atom. The fourth-order valence-corrected chi connectivity index (χ4v) is 6.97. The van der Waals surface area contributed by atoms with Gasteiger partial charge in [-0.2, -0.15) is 0 Å². The van der Waals surface area contributed by atoms with Crippen LogP contribution in [0.1, 0.15) is 31.1 Å². The monoisotopic (exact) mass is 835 g/mol. The van der Waals surface area contributed by atoms with Crippen molar-refractivity contribution in [3.8, 4) is 79.0 Å². The Hall–Kier alpha value is -9.03.